The van der Waals surface area contributed by atoms with Crippen LogP contribution < -0.4 is 5.73 Å². The van der Waals surface area contributed by atoms with Crippen molar-refractivity contribution in [2.75, 3.05) is 12.8 Å². The minimum absolute atomic E-state index is 0.0760. The number of aromatic nitrogens is 3. The van der Waals surface area contributed by atoms with Gasteiger partial charge in [0.1, 0.15) is 11.6 Å². The van der Waals surface area contributed by atoms with Crippen molar-refractivity contribution >= 4 is 35.2 Å². The van der Waals surface area contributed by atoms with Gasteiger partial charge < -0.3 is 15.2 Å². The highest BCUT2D eigenvalue weighted by Gasteiger charge is 2.30. The number of benzene rings is 1. The van der Waals surface area contributed by atoms with E-state index in [1.807, 2.05) is 4.57 Å². The number of carbonyl (C=O) groups excluding carboxylic acids is 2. The van der Waals surface area contributed by atoms with Crippen molar-refractivity contribution < 1.29 is 14.0 Å². The van der Waals surface area contributed by atoms with Crippen LogP contribution in [0, 0.1) is 5.82 Å². The summed E-state index contributed by atoms with van der Waals surface area (Å²) in [5.41, 5.74) is 5.54. The molecule has 1 saturated carbocycles. The van der Waals surface area contributed by atoms with Crippen molar-refractivity contribution in [2.24, 2.45) is 5.73 Å². The van der Waals surface area contributed by atoms with Gasteiger partial charge in [0.05, 0.1) is 5.75 Å². The standard InChI is InChI=1S/C18H21ClFN5O2S/c1-24(9-12-13(19)3-2-4-14(12)20)16(27)10-28-18-23-22-17(11-5-6-11)25(18)8-7-15(21)26/h2-4,11H,5-10H2,1H3,(H2,21,26). The number of carbonyl (C=O) groups is 2. The largest absolute Gasteiger partial charge is 0.370 e. The molecule has 0 radical (unpaired) electrons. The van der Waals surface area contributed by atoms with E-state index in [1.165, 1.54) is 28.8 Å². The predicted octanol–water partition coefficient (Wildman–Crippen LogP) is 2.57. The number of primary amides is 1. The number of hydrogen-bond acceptors (Lipinski definition) is 5. The summed E-state index contributed by atoms with van der Waals surface area (Å²) in [5, 5.41) is 9.25. The van der Waals surface area contributed by atoms with Crippen LogP contribution >= 0.6 is 23.4 Å². The molecular formula is C18H21ClFN5O2S. The zero-order valence-corrected chi connectivity index (χ0v) is 17.0. The van der Waals surface area contributed by atoms with E-state index < -0.39 is 11.7 Å². The summed E-state index contributed by atoms with van der Waals surface area (Å²) in [6.07, 6.45) is 2.28. The first-order valence-corrected chi connectivity index (χ1v) is 10.2. The van der Waals surface area contributed by atoms with Crippen LogP contribution in [0.15, 0.2) is 23.4 Å². The van der Waals surface area contributed by atoms with Crippen LogP contribution in [-0.2, 0) is 22.7 Å². The number of rotatable bonds is 9. The lowest BCUT2D eigenvalue weighted by Gasteiger charge is -2.18. The van der Waals surface area contributed by atoms with Gasteiger partial charge in [-0.2, -0.15) is 0 Å². The second kappa shape index (κ2) is 8.91. The highest BCUT2D eigenvalue weighted by molar-refractivity contribution is 7.99. The third kappa shape index (κ3) is 5.02. The summed E-state index contributed by atoms with van der Waals surface area (Å²) >= 11 is 7.27. The zero-order chi connectivity index (χ0) is 20.3. The zero-order valence-electron chi connectivity index (χ0n) is 15.4. The summed E-state index contributed by atoms with van der Waals surface area (Å²) in [6.45, 7) is 0.470. The van der Waals surface area contributed by atoms with E-state index >= 15 is 0 Å². The molecule has 0 spiro atoms. The van der Waals surface area contributed by atoms with Crippen LogP contribution in [0.2, 0.25) is 5.02 Å². The molecule has 150 valence electrons. The average molecular weight is 426 g/mol. The van der Waals surface area contributed by atoms with E-state index in [2.05, 4.69) is 10.2 Å². The van der Waals surface area contributed by atoms with E-state index in [0.29, 0.717) is 17.6 Å². The molecule has 2 amide bonds. The van der Waals surface area contributed by atoms with Gasteiger partial charge in [-0.3, -0.25) is 9.59 Å². The molecule has 0 atom stereocenters. The third-order valence-electron chi connectivity index (χ3n) is 4.48. The van der Waals surface area contributed by atoms with Gasteiger partial charge in [-0.1, -0.05) is 29.4 Å². The van der Waals surface area contributed by atoms with Crippen LogP contribution in [0.1, 0.15) is 36.6 Å². The van der Waals surface area contributed by atoms with Crippen molar-refractivity contribution in [1.82, 2.24) is 19.7 Å². The van der Waals surface area contributed by atoms with E-state index in [9.17, 15) is 14.0 Å². The Balaban J connectivity index is 1.63. The summed E-state index contributed by atoms with van der Waals surface area (Å²) in [5.74, 6) is 0.270. The van der Waals surface area contributed by atoms with Crippen LogP contribution in [0.5, 0.6) is 0 Å². The molecular weight excluding hydrogens is 405 g/mol. The topological polar surface area (TPSA) is 94.1 Å². The van der Waals surface area contributed by atoms with Gasteiger partial charge in [0.2, 0.25) is 11.8 Å². The molecule has 7 nitrogen and oxygen atoms in total. The minimum Gasteiger partial charge on any atom is -0.370 e. The number of nitrogens with zero attached hydrogens (tertiary/aromatic N) is 4. The molecule has 1 aromatic heterocycles. The van der Waals surface area contributed by atoms with E-state index in [1.54, 1.807) is 13.1 Å². The Labute approximate surface area is 171 Å². The van der Waals surface area contributed by atoms with E-state index in [-0.39, 0.29) is 35.2 Å². The molecule has 0 aliphatic heterocycles. The molecule has 1 aliphatic carbocycles. The Hall–Kier alpha value is -2.13. The fraction of sp³-hybridized carbons (Fsp3) is 0.444. The van der Waals surface area contributed by atoms with Crippen molar-refractivity contribution in [3.05, 3.63) is 40.4 Å². The molecule has 1 fully saturated rings. The monoisotopic (exact) mass is 425 g/mol. The molecule has 2 N–H and O–H groups in total. The predicted molar refractivity (Wildman–Crippen MR) is 104 cm³/mol. The number of thioether (sulfide) groups is 1. The van der Waals surface area contributed by atoms with Crippen LogP contribution in [0.3, 0.4) is 0 Å². The van der Waals surface area contributed by atoms with Crippen molar-refractivity contribution in [3.8, 4) is 0 Å². The molecule has 28 heavy (non-hydrogen) atoms. The maximum atomic E-state index is 13.9. The van der Waals surface area contributed by atoms with Crippen LogP contribution in [0.25, 0.3) is 0 Å². The smallest absolute Gasteiger partial charge is 0.233 e. The Morgan fingerprint density at radius 1 is 1.39 bits per heavy atom. The first-order chi connectivity index (χ1) is 13.4. The number of amides is 2. The first kappa shape index (κ1) is 20.6. The SMILES string of the molecule is CN(Cc1c(F)cccc1Cl)C(=O)CSc1nnc(C2CC2)n1CCC(N)=O. The van der Waals surface area contributed by atoms with Gasteiger partial charge in [-0.25, -0.2) is 4.39 Å². The Morgan fingerprint density at radius 3 is 2.79 bits per heavy atom. The average Bonchev–Trinajstić information content (AvgIpc) is 3.41. The quantitative estimate of drug-likeness (QED) is 0.623. The van der Waals surface area contributed by atoms with Gasteiger partial charge >= 0.3 is 0 Å². The lowest BCUT2D eigenvalue weighted by atomic mass is 10.2. The normalized spacial score (nSPS) is 13.5. The van der Waals surface area contributed by atoms with Gasteiger partial charge in [-0.05, 0) is 25.0 Å². The maximum Gasteiger partial charge on any atom is 0.233 e. The van der Waals surface area contributed by atoms with Crippen molar-refractivity contribution in [2.45, 2.75) is 43.4 Å². The van der Waals surface area contributed by atoms with Crippen molar-refractivity contribution in [1.29, 1.82) is 0 Å². The minimum atomic E-state index is -0.444. The molecule has 1 heterocycles. The lowest BCUT2D eigenvalue weighted by Crippen LogP contribution is -2.28. The molecule has 0 bridgehead atoms. The van der Waals surface area contributed by atoms with Gasteiger partial charge in [0.15, 0.2) is 5.16 Å². The second-order valence-corrected chi connectivity index (χ2v) is 8.07. The molecule has 1 aromatic carbocycles. The molecule has 10 heteroatoms. The summed E-state index contributed by atoms with van der Waals surface area (Å²) in [7, 11) is 1.60. The molecule has 1 aliphatic rings. The molecule has 0 unspecified atom stereocenters. The van der Waals surface area contributed by atoms with Gasteiger partial charge in [0.25, 0.3) is 0 Å². The van der Waals surface area contributed by atoms with Crippen LogP contribution in [-0.4, -0.2) is 44.3 Å². The fourth-order valence-corrected chi connectivity index (χ4v) is 3.86. The number of halogens is 2. The summed E-state index contributed by atoms with van der Waals surface area (Å²) < 4.78 is 15.8. The number of nitrogens with two attached hydrogens (primary N) is 1. The fourth-order valence-electron chi connectivity index (χ4n) is 2.73. The van der Waals surface area contributed by atoms with Gasteiger partial charge in [0, 0.05) is 43.1 Å². The molecule has 0 saturated heterocycles. The van der Waals surface area contributed by atoms with Gasteiger partial charge in [-0.15, -0.1) is 10.2 Å². The summed E-state index contributed by atoms with van der Waals surface area (Å²) in [6, 6.07) is 4.43. The molecule has 3 rings (SSSR count). The Morgan fingerprint density at radius 2 is 2.14 bits per heavy atom. The highest BCUT2D eigenvalue weighted by Crippen LogP contribution is 2.40. The maximum absolute atomic E-state index is 13.9. The summed E-state index contributed by atoms with van der Waals surface area (Å²) in [4.78, 5) is 25.0. The van der Waals surface area contributed by atoms with E-state index in [4.69, 9.17) is 17.3 Å². The van der Waals surface area contributed by atoms with Crippen LogP contribution in [0.4, 0.5) is 4.39 Å². The Kier molecular flexibility index (Phi) is 6.56. The first-order valence-electron chi connectivity index (χ1n) is 8.88. The third-order valence-corrected chi connectivity index (χ3v) is 5.78. The van der Waals surface area contributed by atoms with Crippen molar-refractivity contribution in [3.63, 3.8) is 0 Å². The lowest BCUT2D eigenvalue weighted by molar-refractivity contribution is -0.127. The molecule has 2 aromatic rings. The number of hydrogen-bond donors (Lipinski definition) is 1. The van der Waals surface area contributed by atoms with E-state index in [0.717, 1.165) is 18.7 Å². The second-order valence-electron chi connectivity index (χ2n) is 6.72. The highest BCUT2D eigenvalue weighted by atomic mass is 35.5. The Bertz CT molecular complexity index is 867.